The van der Waals surface area contributed by atoms with Crippen molar-refractivity contribution in [1.29, 1.82) is 0 Å². The van der Waals surface area contributed by atoms with Gasteiger partial charge in [-0.15, -0.1) is 0 Å². The number of fused-ring (bicyclic) bond motifs is 1. The summed E-state index contributed by atoms with van der Waals surface area (Å²) in [4.78, 5) is 23.8. The van der Waals surface area contributed by atoms with Gasteiger partial charge in [-0.25, -0.2) is 9.97 Å². The van der Waals surface area contributed by atoms with Crippen molar-refractivity contribution in [2.24, 2.45) is 0 Å². The predicted molar refractivity (Wildman–Crippen MR) is 110 cm³/mol. The summed E-state index contributed by atoms with van der Waals surface area (Å²) in [6, 6.07) is 15.7. The fourth-order valence-corrected chi connectivity index (χ4v) is 4.08. The molecule has 0 saturated carbocycles. The summed E-state index contributed by atoms with van der Waals surface area (Å²) < 4.78 is 40.9. The summed E-state index contributed by atoms with van der Waals surface area (Å²) >= 11 is 1.12. The Balaban J connectivity index is 1.70. The Labute approximate surface area is 174 Å². The van der Waals surface area contributed by atoms with Crippen LogP contribution < -0.4 is 5.56 Å². The summed E-state index contributed by atoms with van der Waals surface area (Å²) in [6.07, 6.45) is -2.97. The van der Waals surface area contributed by atoms with Crippen LogP contribution in [0.5, 0.6) is 0 Å². The highest BCUT2D eigenvalue weighted by Gasteiger charge is 2.31. The molecule has 5 nitrogen and oxygen atoms in total. The van der Waals surface area contributed by atoms with Crippen molar-refractivity contribution in [3.05, 3.63) is 77.0 Å². The van der Waals surface area contributed by atoms with E-state index < -0.39 is 18.0 Å². The summed E-state index contributed by atoms with van der Waals surface area (Å²) in [6.45, 7) is 0.612. The number of hydrogen-bond donors (Lipinski definition) is 1. The summed E-state index contributed by atoms with van der Waals surface area (Å²) in [5.74, 6) is 0.381. The van der Waals surface area contributed by atoms with Gasteiger partial charge in [0.15, 0.2) is 5.16 Å². The molecule has 2 heterocycles. The maximum atomic E-state index is 13.3. The molecule has 2 aromatic carbocycles. The van der Waals surface area contributed by atoms with Crippen molar-refractivity contribution < 1.29 is 13.2 Å². The molecule has 0 aliphatic carbocycles. The zero-order chi connectivity index (χ0) is 21.3. The molecule has 4 aromatic rings. The number of aromatic amines is 1. The van der Waals surface area contributed by atoms with Crippen molar-refractivity contribution in [3.8, 4) is 11.3 Å². The van der Waals surface area contributed by atoms with Gasteiger partial charge >= 0.3 is 6.18 Å². The van der Waals surface area contributed by atoms with Crippen molar-refractivity contribution in [1.82, 2.24) is 19.5 Å². The maximum Gasteiger partial charge on any atom is 0.406 e. The lowest BCUT2D eigenvalue weighted by atomic mass is 10.2. The van der Waals surface area contributed by atoms with Gasteiger partial charge in [-0.2, -0.15) is 13.2 Å². The Morgan fingerprint density at radius 1 is 1.10 bits per heavy atom. The standard InChI is InChI=1S/C21H17F3N4OS/c1-13(18-26-16-10-6-5-9-15(16)19(29)27-18)30-20-25-11-17(14-7-3-2-4-8-14)28(20)12-21(22,23)24/h2-11,13H,12H2,1H3,(H,26,27,29). The number of aromatic nitrogens is 4. The minimum atomic E-state index is -4.40. The predicted octanol–water partition coefficient (Wildman–Crippen LogP) is 5.20. The molecule has 0 saturated heterocycles. The third kappa shape index (κ3) is 4.25. The third-order valence-electron chi connectivity index (χ3n) is 4.52. The van der Waals surface area contributed by atoms with Gasteiger partial charge in [0.25, 0.3) is 5.56 Å². The average Bonchev–Trinajstić information content (AvgIpc) is 3.09. The van der Waals surface area contributed by atoms with E-state index in [1.807, 2.05) is 0 Å². The number of para-hydroxylation sites is 1. The molecule has 30 heavy (non-hydrogen) atoms. The van der Waals surface area contributed by atoms with Crippen LogP contribution in [0.4, 0.5) is 13.2 Å². The van der Waals surface area contributed by atoms with E-state index in [4.69, 9.17) is 0 Å². The highest BCUT2D eigenvalue weighted by Crippen LogP contribution is 2.36. The van der Waals surface area contributed by atoms with E-state index in [-0.39, 0.29) is 10.7 Å². The molecule has 154 valence electrons. The Morgan fingerprint density at radius 3 is 2.53 bits per heavy atom. The first-order valence-electron chi connectivity index (χ1n) is 9.15. The van der Waals surface area contributed by atoms with Crippen molar-refractivity contribution in [3.63, 3.8) is 0 Å². The quantitative estimate of drug-likeness (QED) is 0.442. The zero-order valence-electron chi connectivity index (χ0n) is 15.8. The van der Waals surface area contributed by atoms with Gasteiger partial charge < -0.3 is 9.55 Å². The number of rotatable bonds is 5. The van der Waals surface area contributed by atoms with Crippen molar-refractivity contribution in [2.75, 3.05) is 0 Å². The van der Waals surface area contributed by atoms with Crippen LogP contribution in [0.1, 0.15) is 18.0 Å². The number of hydrogen-bond acceptors (Lipinski definition) is 4. The summed E-state index contributed by atoms with van der Waals surface area (Å²) in [5.41, 5.74) is 1.27. The van der Waals surface area contributed by atoms with Gasteiger partial charge in [-0.05, 0) is 24.6 Å². The molecular weight excluding hydrogens is 413 g/mol. The molecule has 1 atom stereocenters. The molecule has 2 aromatic heterocycles. The van der Waals surface area contributed by atoms with Crippen LogP contribution in [0.25, 0.3) is 22.2 Å². The van der Waals surface area contributed by atoms with Crippen LogP contribution >= 0.6 is 11.8 Å². The first kappa shape index (κ1) is 20.2. The minimum absolute atomic E-state index is 0.203. The second kappa shape index (κ2) is 7.98. The largest absolute Gasteiger partial charge is 0.406 e. The lowest BCUT2D eigenvalue weighted by molar-refractivity contribution is -0.141. The maximum absolute atomic E-state index is 13.3. The Hall–Kier alpha value is -3.07. The van der Waals surface area contributed by atoms with Crippen molar-refractivity contribution in [2.45, 2.75) is 30.1 Å². The molecule has 4 rings (SSSR count). The molecule has 0 bridgehead atoms. The van der Waals surface area contributed by atoms with Crippen LogP contribution in [0, 0.1) is 0 Å². The van der Waals surface area contributed by atoms with E-state index in [2.05, 4.69) is 15.0 Å². The molecule has 0 spiro atoms. The molecule has 0 radical (unpaired) electrons. The molecule has 1 N–H and O–H groups in total. The lowest BCUT2D eigenvalue weighted by Crippen LogP contribution is -2.19. The summed E-state index contributed by atoms with van der Waals surface area (Å²) in [7, 11) is 0. The smallest absolute Gasteiger partial charge is 0.310 e. The lowest BCUT2D eigenvalue weighted by Gasteiger charge is -2.16. The number of halogens is 3. The minimum Gasteiger partial charge on any atom is -0.310 e. The topological polar surface area (TPSA) is 63.6 Å². The van der Waals surface area contributed by atoms with E-state index in [0.717, 1.165) is 16.3 Å². The van der Waals surface area contributed by atoms with Gasteiger partial charge in [0.2, 0.25) is 0 Å². The number of alkyl halides is 3. The highest BCUT2D eigenvalue weighted by molar-refractivity contribution is 7.99. The second-order valence-electron chi connectivity index (χ2n) is 6.72. The normalized spacial score (nSPS) is 12.9. The SMILES string of the molecule is CC(Sc1ncc(-c2ccccc2)n1CC(F)(F)F)c1nc2ccccc2c(=O)[nH]1. The fraction of sp³-hybridized carbons (Fsp3) is 0.190. The van der Waals surface area contributed by atoms with E-state index >= 15 is 0 Å². The average molecular weight is 430 g/mol. The molecule has 0 aliphatic rings. The molecule has 0 fully saturated rings. The number of imidazole rings is 1. The van der Waals surface area contributed by atoms with Crippen LogP contribution in [0.3, 0.4) is 0 Å². The zero-order valence-corrected chi connectivity index (χ0v) is 16.7. The third-order valence-corrected chi connectivity index (χ3v) is 5.64. The molecule has 0 amide bonds. The number of benzene rings is 2. The van der Waals surface area contributed by atoms with E-state index in [9.17, 15) is 18.0 Å². The molecule has 0 aliphatic heterocycles. The van der Waals surface area contributed by atoms with Crippen LogP contribution in [-0.4, -0.2) is 25.7 Å². The Kier molecular flexibility index (Phi) is 5.38. The van der Waals surface area contributed by atoms with Gasteiger partial charge in [0, 0.05) is 0 Å². The van der Waals surface area contributed by atoms with E-state index in [0.29, 0.717) is 28.0 Å². The van der Waals surface area contributed by atoms with Gasteiger partial charge in [-0.3, -0.25) is 4.79 Å². The van der Waals surface area contributed by atoms with E-state index in [1.165, 1.54) is 6.20 Å². The second-order valence-corrected chi connectivity index (χ2v) is 8.03. The number of thioether (sulfide) groups is 1. The van der Waals surface area contributed by atoms with Crippen LogP contribution in [-0.2, 0) is 6.54 Å². The summed E-state index contributed by atoms with van der Waals surface area (Å²) in [5, 5.41) is 0.248. The van der Waals surface area contributed by atoms with E-state index in [1.54, 1.807) is 61.5 Å². The fourth-order valence-electron chi connectivity index (χ4n) is 3.14. The first-order valence-corrected chi connectivity index (χ1v) is 10.0. The first-order chi connectivity index (χ1) is 14.3. The highest BCUT2D eigenvalue weighted by atomic mass is 32.2. The van der Waals surface area contributed by atoms with Crippen LogP contribution in [0.15, 0.2) is 70.7 Å². The number of nitrogens with zero attached hydrogens (tertiary/aromatic N) is 3. The van der Waals surface area contributed by atoms with Crippen molar-refractivity contribution >= 4 is 22.7 Å². The Morgan fingerprint density at radius 2 is 1.80 bits per heavy atom. The number of H-pyrrole nitrogens is 1. The number of nitrogens with one attached hydrogen (secondary N) is 1. The van der Waals surface area contributed by atoms with Crippen LogP contribution in [0.2, 0.25) is 0 Å². The van der Waals surface area contributed by atoms with Gasteiger partial charge in [0.1, 0.15) is 12.4 Å². The monoisotopic (exact) mass is 430 g/mol. The Bertz CT molecular complexity index is 1230. The molecular formula is C21H17F3N4OS. The molecule has 1 unspecified atom stereocenters. The van der Waals surface area contributed by atoms with Gasteiger partial charge in [0.05, 0.1) is 28.0 Å². The molecule has 9 heteroatoms. The van der Waals surface area contributed by atoms with Gasteiger partial charge in [-0.1, -0.05) is 54.2 Å².